The molecule has 8 nitrogen and oxygen atoms in total. The Kier molecular flexibility index (Phi) is 6.40. The van der Waals surface area contributed by atoms with E-state index in [-0.39, 0.29) is 16.1 Å². The first-order valence-corrected chi connectivity index (χ1v) is 9.31. The van der Waals surface area contributed by atoms with Crippen LogP contribution in [0.2, 0.25) is 0 Å². The highest BCUT2D eigenvalue weighted by atomic mass is 32.2. The van der Waals surface area contributed by atoms with Gasteiger partial charge in [-0.1, -0.05) is 12.1 Å². The number of hydrogen-bond donors (Lipinski definition) is 1. The number of esters is 2. The lowest BCUT2D eigenvalue weighted by atomic mass is 10.2. The lowest BCUT2D eigenvalue weighted by Gasteiger charge is -2.14. The van der Waals surface area contributed by atoms with Crippen molar-refractivity contribution in [1.29, 1.82) is 0 Å². The third kappa shape index (κ3) is 4.98. The summed E-state index contributed by atoms with van der Waals surface area (Å²) in [6.45, 7) is 1.36. The van der Waals surface area contributed by atoms with Crippen LogP contribution in [-0.4, -0.2) is 40.7 Å². The van der Waals surface area contributed by atoms with Crippen molar-refractivity contribution in [1.82, 2.24) is 0 Å². The average molecular weight is 393 g/mol. The molecule has 0 aliphatic rings. The Morgan fingerprint density at radius 2 is 1.63 bits per heavy atom. The molecule has 1 atom stereocenters. The number of nitrogens with one attached hydrogen (secondary N) is 1. The van der Waals surface area contributed by atoms with E-state index in [2.05, 4.69) is 9.46 Å². The molecule has 2 aromatic rings. The van der Waals surface area contributed by atoms with E-state index in [1.165, 1.54) is 57.5 Å². The Bertz CT molecular complexity index is 923. The molecule has 2 rings (SSSR count). The second-order valence-corrected chi connectivity index (χ2v) is 7.08. The summed E-state index contributed by atoms with van der Waals surface area (Å²) < 4.78 is 42.0. The molecule has 2 aromatic carbocycles. The third-order valence-corrected chi connectivity index (χ3v) is 4.96. The van der Waals surface area contributed by atoms with E-state index in [9.17, 15) is 18.0 Å². The number of carbonyl (C=O) groups excluding carboxylic acids is 2. The van der Waals surface area contributed by atoms with E-state index in [1.54, 1.807) is 12.1 Å². The van der Waals surface area contributed by atoms with Gasteiger partial charge >= 0.3 is 11.9 Å². The van der Waals surface area contributed by atoms with Gasteiger partial charge in [0.1, 0.15) is 5.75 Å². The molecule has 9 heteroatoms. The minimum atomic E-state index is -3.95. The predicted octanol–water partition coefficient (Wildman–Crippen LogP) is 2.21. The third-order valence-electron chi connectivity index (χ3n) is 3.58. The van der Waals surface area contributed by atoms with Crippen LogP contribution in [0.15, 0.2) is 53.4 Å². The molecule has 0 fully saturated rings. The Morgan fingerprint density at radius 3 is 2.22 bits per heavy atom. The molecule has 0 unspecified atom stereocenters. The van der Waals surface area contributed by atoms with Crippen LogP contribution in [0.3, 0.4) is 0 Å². The maximum absolute atomic E-state index is 12.6. The van der Waals surface area contributed by atoms with Crippen molar-refractivity contribution >= 4 is 27.6 Å². The van der Waals surface area contributed by atoms with Gasteiger partial charge in [-0.3, -0.25) is 4.72 Å². The molecular formula is C18H19NO7S. The number of anilines is 1. The van der Waals surface area contributed by atoms with Crippen LogP contribution in [-0.2, 0) is 24.3 Å². The Balaban J connectivity index is 2.26. The molecule has 1 N–H and O–H groups in total. The van der Waals surface area contributed by atoms with Crippen LogP contribution in [0.5, 0.6) is 5.75 Å². The van der Waals surface area contributed by atoms with Crippen molar-refractivity contribution in [2.24, 2.45) is 0 Å². The van der Waals surface area contributed by atoms with E-state index in [0.29, 0.717) is 5.75 Å². The van der Waals surface area contributed by atoms with Gasteiger partial charge in [-0.25, -0.2) is 18.0 Å². The number of para-hydroxylation sites is 1. The fourth-order valence-corrected chi connectivity index (χ4v) is 3.23. The second-order valence-electron chi connectivity index (χ2n) is 5.40. The molecule has 0 saturated carbocycles. The molecule has 0 amide bonds. The zero-order chi connectivity index (χ0) is 20.0. The van der Waals surface area contributed by atoms with Gasteiger partial charge in [0.2, 0.25) is 0 Å². The van der Waals surface area contributed by atoms with Crippen molar-refractivity contribution < 1.29 is 32.2 Å². The van der Waals surface area contributed by atoms with Gasteiger partial charge in [-0.05, 0) is 43.3 Å². The summed E-state index contributed by atoms with van der Waals surface area (Å²) in [7, 11) is -1.31. The van der Waals surface area contributed by atoms with Crippen molar-refractivity contribution in [2.75, 3.05) is 18.9 Å². The first-order valence-electron chi connectivity index (χ1n) is 7.83. The molecule has 0 aliphatic heterocycles. The van der Waals surface area contributed by atoms with Gasteiger partial charge in [0.15, 0.2) is 6.10 Å². The van der Waals surface area contributed by atoms with Crippen LogP contribution in [0.25, 0.3) is 0 Å². The van der Waals surface area contributed by atoms with Crippen LogP contribution in [0.4, 0.5) is 5.69 Å². The molecular weight excluding hydrogens is 374 g/mol. The molecule has 27 heavy (non-hydrogen) atoms. The number of benzene rings is 2. The number of carbonyl (C=O) groups is 2. The molecule has 0 radical (unpaired) electrons. The minimum Gasteiger partial charge on any atom is -0.497 e. The van der Waals surface area contributed by atoms with Gasteiger partial charge in [0.25, 0.3) is 10.0 Å². The summed E-state index contributed by atoms with van der Waals surface area (Å²) in [5.74, 6) is -1.07. The molecule has 0 aromatic heterocycles. The first-order chi connectivity index (χ1) is 12.8. The van der Waals surface area contributed by atoms with E-state index in [1.807, 2.05) is 0 Å². The van der Waals surface area contributed by atoms with Gasteiger partial charge in [-0.15, -0.1) is 0 Å². The zero-order valence-corrected chi connectivity index (χ0v) is 15.8. The van der Waals surface area contributed by atoms with E-state index in [4.69, 9.17) is 9.47 Å². The Morgan fingerprint density at radius 1 is 1.00 bits per heavy atom. The summed E-state index contributed by atoms with van der Waals surface area (Å²) in [6, 6.07) is 11.7. The SMILES string of the molecule is COC(=O)[C@@H](C)OC(=O)c1ccccc1NS(=O)(=O)c1ccc(OC)cc1. The van der Waals surface area contributed by atoms with Crippen molar-refractivity contribution in [3.8, 4) is 5.75 Å². The van der Waals surface area contributed by atoms with Crippen molar-refractivity contribution in [3.63, 3.8) is 0 Å². The Hall–Kier alpha value is -3.07. The summed E-state index contributed by atoms with van der Waals surface area (Å²) in [5, 5.41) is 0. The number of ether oxygens (including phenoxy) is 3. The topological polar surface area (TPSA) is 108 Å². The van der Waals surface area contributed by atoms with Gasteiger partial charge in [0.05, 0.1) is 30.4 Å². The van der Waals surface area contributed by atoms with Gasteiger partial charge in [0, 0.05) is 0 Å². The molecule has 144 valence electrons. The van der Waals surface area contributed by atoms with Gasteiger partial charge in [-0.2, -0.15) is 0 Å². The highest BCUT2D eigenvalue weighted by Crippen LogP contribution is 2.22. The summed E-state index contributed by atoms with van der Waals surface area (Å²) in [5.41, 5.74) is -0.0132. The lowest BCUT2D eigenvalue weighted by Crippen LogP contribution is -2.26. The van der Waals surface area contributed by atoms with E-state index >= 15 is 0 Å². The number of rotatable bonds is 7. The standard InChI is InChI=1S/C18H19NO7S/c1-12(17(20)25-3)26-18(21)15-6-4-5-7-16(15)19-27(22,23)14-10-8-13(24-2)9-11-14/h4-12,19H,1-3H3/t12-/m1/s1. The predicted molar refractivity (Wildman–Crippen MR) is 97.1 cm³/mol. The fraction of sp³-hybridized carbons (Fsp3) is 0.222. The monoisotopic (exact) mass is 393 g/mol. The molecule has 0 spiro atoms. The molecule has 0 bridgehead atoms. The maximum Gasteiger partial charge on any atom is 0.346 e. The number of sulfonamides is 1. The highest BCUT2D eigenvalue weighted by Gasteiger charge is 2.23. The van der Waals surface area contributed by atoms with Gasteiger partial charge < -0.3 is 14.2 Å². The smallest absolute Gasteiger partial charge is 0.346 e. The summed E-state index contributed by atoms with van der Waals surface area (Å²) in [4.78, 5) is 23.7. The van der Waals surface area contributed by atoms with E-state index in [0.717, 1.165) is 0 Å². The second kappa shape index (κ2) is 8.54. The zero-order valence-electron chi connectivity index (χ0n) is 15.0. The molecule has 0 aliphatic carbocycles. The average Bonchev–Trinajstić information content (AvgIpc) is 2.67. The largest absolute Gasteiger partial charge is 0.497 e. The maximum atomic E-state index is 12.6. The van der Waals surface area contributed by atoms with Crippen LogP contribution < -0.4 is 9.46 Å². The normalized spacial score (nSPS) is 12.0. The minimum absolute atomic E-state index is 0.00519. The summed E-state index contributed by atoms with van der Waals surface area (Å²) >= 11 is 0. The highest BCUT2D eigenvalue weighted by molar-refractivity contribution is 7.92. The van der Waals surface area contributed by atoms with Crippen LogP contribution >= 0.6 is 0 Å². The van der Waals surface area contributed by atoms with E-state index < -0.39 is 28.1 Å². The Labute approximate surface area is 157 Å². The summed E-state index contributed by atoms with van der Waals surface area (Å²) in [6.07, 6.45) is -1.13. The first kappa shape index (κ1) is 20.2. The molecule has 0 heterocycles. The van der Waals surface area contributed by atoms with Crippen LogP contribution in [0.1, 0.15) is 17.3 Å². The quantitative estimate of drug-likeness (QED) is 0.719. The molecule has 0 saturated heterocycles. The van der Waals surface area contributed by atoms with Crippen LogP contribution in [0, 0.1) is 0 Å². The van der Waals surface area contributed by atoms with Crippen molar-refractivity contribution in [3.05, 3.63) is 54.1 Å². The lowest BCUT2D eigenvalue weighted by molar-refractivity contribution is -0.149. The number of methoxy groups -OCH3 is 2. The fourth-order valence-electron chi connectivity index (χ4n) is 2.15. The number of hydrogen-bond acceptors (Lipinski definition) is 7. The van der Waals surface area contributed by atoms with Crippen molar-refractivity contribution in [2.45, 2.75) is 17.9 Å².